The maximum atomic E-state index is 13.0. The molecule has 0 bridgehead atoms. The second kappa shape index (κ2) is 9.94. The summed E-state index contributed by atoms with van der Waals surface area (Å²) in [5, 5.41) is 2.13. The fourth-order valence-electron chi connectivity index (χ4n) is 3.25. The number of rotatable bonds is 5. The molecule has 0 aliphatic carbocycles. The third-order valence-corrected chi connectivity index (χ3v) is 7.07. The molecule has 12 heteroatoms. The van der Waals surface area contributed by atoms with Crippen molar-refractivity contribution in [2.75, 3.05) is 4.90 Å². The van der Waals surface area contributed by atoms with Gasteiger partial charge in [0.1, 0.15) is 10.5 Å². The van der Waals surface area contributed by atoms with Crippen molar-refractivity contribution in [2.24, 2.45) is 0 Å². The highest BCUT2D eigenvalue weighted by atomic mass is 35.5. The number of anilines is 1. The van der Waals surface area contributed by atoms with E-state index in [2.05, 4.69) is 5.32 Å². The first-order valence-electron chi connectivity index (χ1n) is 10.1. The molecule has 1 aliphatic heterocycles. The molecule has 1 N–H and O–H groups in total. The smallest absolute Gasteiger partial charge is 0.339 e. The van der Waals surface area contributed by atoms with Gasteiger partial charge < -0.3 is 4.18 Å². The van der Waals surface area contributed by atoms with Gasteiger partial charge in [0.05, 0.1) is 15.7 Å². The van der Waals surface area contributed by atoms with Crippen molar-refractivity contribution in [2.45, 2.75) is 11.8 Å². The van der Waals surface area contributed by atoms with E-state index in [9.17, 15) is 22.8 Å². The van der Waals surface area contributed by atoms with Crippen LogP contribution in [0.3, 0.4) is 0 Å². The summed E-state index contributed by atoms with van der Waals surface area (Å²) >= 11 is 18.3. The van der Waals surface area contributed by atoms with Gasteiger partial charge in [-0.05, 0) is 67.1 Å². The second-order valence-corrected chi connectivity index (χ2v) is 10.4. The first-order valence-corrected chi connectivity index (χ1v) is 12.7. The number of imide groups is 2. The Balaban J connectivity index is 1.66. The molecule has 0 aromatic heterocycles. The molecule has 0 atom stereocenters. The molecule has 4 amide bonds. The predicted octanol–water partition coefficient (Wildman–Crippen LogP) is 5.39. The van der Waals surface area contributed by atoms with Crippen LogP contribution in [-0.4, -0.2) is 26.3 Å². The average Bonchev–Trinajstić information content (AvgIpc) is 2.80. The highest BCUT2D eigenvalue weighted by Gasteiger charge is 2.37. The number of nitrogens with one attached hydrogen (secondary N) is 1. The number of hydrogen-bond donors (Lipinski definition) is 1. The molecule has 1 saturated heterocycles. The summed E-state index contributed by atoms with van der Waals surface area (Å²) in [7, 11) is -4.24. The van der Waals surface area contributed by atoms with Crippen LogP contribution in [0, 0.1) is 6.92 Å². The summed E-state index contributed by atoms with van der Waals surface area (Å²) in [5.41, 5.74) is 0.869. The van der Waals surface area contributed by atoms with Crippen molar-refractivity contribution < 1.29 is 27.0 Å². The van der Waals surface area contributed by atoms with Crippen molar-refractivity contribution in [3.8, 4) is 5.75 Å². The van der Waals surface area contributed by atoms with Gasteiger partial charge in [0.2, 0.25) is 0 Å². The van der Waals surface area contributed by atoms with Gasteiger partial charge in [-0.3, -0.25) is 14.9 Å². The molecule has 0 radical (unpaired) electrons. The third-order valence-electron chi connectivity index (χ3n) is 5.02. The lowest BCUT2D eigenvalue weighted by Gasteiger charge is -2.26. The maximum Gasteiger partial charge on any atom is 0.339 e. The van der Waals surface area contributed by atoms with Crippen molar-refractivity contribution in [1.82, 2.24) is 5.32 Å². The minimum Gasteiger partial charge on any atom is -0.376 e. The van der Waals surface area contributed by atoms with Crippen LogP contribution in [0.15, 0.2) is 71.1 Å². The Labute approximate surface area is 221 Å². The molecule has 1 aliphatic rings. The first-order chi connectivity index (χ1) is 17.0. The van der Waals surface area contributed by atoms with Crippen LogP contribution in [0.4, 0.5) is 10.5 Å². The second-order valence-electron chi connectivity index (χ2n) is 7.60. The molecule has 1 fully saturated rings. The van der Waals surface area contributed by atoms with E-state index in [4.69, 9.17) is 39.0 Å². The number of nitrogens with zero attached hydrogens (tertiary/aromatic N) is 1. The highest BCUT2D eigenvalue weighted by Crippen LogP contribution is 2.37. The Kier molecular flexibility index (Phi) is 7.10. The lowest BCUT2D eigenvalue weighted by atomic mass is 10.1. The summed E-state index contributed by atoms with van der Waals surface area (Å²) in [4.78, 5) is 38.4. The lowest BCUT2D eigenvalue weighted by molar-refractivity contribution is -0.122. The Bertz CT molecular complexity index is 1510. The number of urea groups is 1. The maximum absolute atomic E-state index is 13.0. The third kappa shape index (κ3) is 5.24. The summed E-state index contributed by atoms with van der Waals surface area (Å²) in [5.74, 6) is -2.14. The number of carbonyl (C=O) groups excluding carboxylic acids is 3. The largest absolute Gasteiger partial charge is 0.376 e. The molecule has 3 aromatic rings. The van der Waals surface area contributed by atoms with Crippen molar-refractivity contribution in [1.29, 1.82) is 0 Å². The molecule has 36 heavy (non-hydrogen) atoms. The van der Waals surface area contributed by atoms with Gasteiger partial charge in [-0.25, -0.2) is 9.69 Å². The number of amides is 4. The minimum absolute atomic E-state index is 0.0946. The first kappa shape index (κ1) is 25.7. The zero-order chi connectivity index (χ0) is 26.2. The summed E-state index contributed by atoms with van der Waals surface area (Å²) < 4.78 is 30.4. The molecule has 0 unspecified atom stereocenters. The van der Waals surface area contributed by atoms with Crippen LogP contribution >= 0.6 is 34.8 Å². The standard InChI is InChI=1S/C24H15Cl3N2O6S/c1-13-2-8-17(9-3-13)36(33,34)35-21-19(26)11-14(12-20(21)27)10-18-22(30)28-24(32)29(23(18)31)16-6-4-15(25)5-7-16/h2-12H,1H3,(H,28,30,32)/b18-10+. The van der Waals surface area contributed by atoms with Gasteiger partial charge >= 0.3 is 16.1 Å². The van der Waals surface area contributed by atoms with Crippen molar-refractivity contribution in [3.05, 3.63) is 92.4 Å². The topological polar surface area (TPSA) is 110 Å². The van der Waals surface area contributed by atoms with E-state index in [1.807, 2.05) is 0 Å². The number of aryl methyl sites for hydroxylation is 1. The number of carbonyl (C=O) groups is 3. The lowest BCUT2D eigenvalue weighted by Crippen LogP contribution is -2.54. The van der Waals surface area contributed by atoms with Gasteiger partial charge in [-0.2, -0.15) is 8.42 Å². The van der Waals surface area contributed by atoms with E-state index in [-0.39, 0.29) is 37.5 Å². The van der Waals surface area contributed by atoms with Gasteiger partial charge in [0.15, 0.2) is 5.75 Å². The van der Waals surface area contributed by atoms with Gasteiger partial charge in [-0.1, -0.05) is 52.5 Å². The zero-order valence-electron chi connectivity index (χ0n) is 18.3. The van der Waals surface area contributed by atoms with Crippen LogP contribution in [0.25, 0.3) is 6.08 Å². The van der Waals surface area contributed by atoms with Crippen LogP contribution in [0.2, 0.25) is 15.1 Å². The zero-order valence-corrected chi connectivity index (χ0v) is 21.4. The van der Waals surface area contributed by atoms with E-state index in [1.165, 1.54) is 54.6 Å². The van der Waals surface area contributed by atoms with Crippen LogP contribution in [-0.2, 0) is 19.7 Å². The summed E-state index contributed by atoms with van der Waals surface area (Å²) in [6.07, 6.45) is 1.17. The Morgan fingerprint density at radius 2 is 1.47 bits per heavy atom. The normalized spacial score (nSPS) is 15.3. The van der Waals surface area contributed by atoms with E-state index in [0.717, 1.165) is 10.5 Å². The number of barbiturate groups is 1. The number of benzene rings is 3. The van der Waals surface area contributed by atoms with E-state index < -0.39 is 28.0 Å². The fraction of sp³-hybridized carbons (Fsp3) is 0.0417. The SMILES string of the molecule is Cc1ccc(S(=O)(=O)Oc2c(Cl)cc(/C=C3\C(=O)NC(=O)N(c4ccc(Cl)cc4)C3=O)cc2Cl)cc1. The van der Waals surface area contributed by atoms with Crippen molar-refractivity contribution in [3.63, 3.8) is 0 Å². The molecule has 1 heterocycles. The van der Waals surface area contributed by atoms with E-state index in [1.54, 1.807) is 19.1 Å². The Hall–Kier alpha value is -3.37. The van der Waals surface area contributed by atoms with E-state index in [0.29, 0.717) is 5.02 Å². The molecule has 0 spiro atoms. The van der Waals surface area contributed by atoms with Crippen LogP contribution in [0.1, 0.15) is 11.1 Å². The Morgan fingerprint density at radius 3 is 2.06 bits per heavy atom. The molecule has 184 valence electrons. The minimum atomic E-state index is -4.24. The quantitative estimate of drug-likeness (QED) is 0.252. The predicted molar refractivity (Wildman–Crippen MR) is 136 cm³/mol. The fourth-order valence-corrected chi connectivity index (χ4v) is 5.02. The Morgan fingerprint density at radius 1 is 0.889 bits per heavy atom. The molecular weight excluding hydrogens is 551 g/mol. The van der Waals surface area contributed by atoms with Crippen molar-refractivity contribution >= 4 is 74.5 Å². The summed E-state index contributed by atoms with van der Waals surface area (Å²) in [6.45, 7) is 1.81. The molecule has 3 aromatic carbocycles. The van der Waals surface area contributed by atoms with Gasteiger partial charge in [-0.15, -0.1) is 0 Å². The van der Waals surface area contributed by atoms with Crippen LogP contribution < -0.4 is 14.4 Å². The molecular formula is C24H15Cl3N2O6S. The van der Waals surface area contributed by atoms with Gasteiger partial charge in [0, 0.05) is 5.02 Å². The monoisotopic (exact) mass is 564 g/mol. The summed E-state index contributed by atoms with van der Waals surface area (Å²) in [6, 6.07) is 13.5. The number of hydrogen-bond acceptors (Lipinski definition) is 6. The molecule has 8 nitrogen and oxygen atoms in total. The highest BCUT2D eigenvalue weighted by molar-refractivity contribution is 7.87. The van der Waals surface area contributed by atoms with E-state index >= 15 is 0 Å². The van der Waals surface area contributed by atoms with Crippen LogP contribution in [0.5, 0.6) is 5.75 Å². The number of halogens is 3. The van der Waals surface area contributed by atoms with Gasteiger partial charge in [0.25, 0.3) is 11.8 Å². The molecule has 4 rings (SSSR count). The molecule has 0 saturated carbocycles. The average molecular weight is 566 g/mol.